The summed E-state index contributed by atoms with van der Waals surface area (Å²) >= 11 is 5.17. The van der Waals surface area contributed by atoms with Crippen LogP contribution in [-0.4, -0.2) is 29.5 Å². The number of thiocarbonyl (C=S) groups is 1. The molecule has 36 heavy (non-hydrogen) atoms. The molecule has 0 spiro atoms. The van der Waals surface area contributed by atoms with E-state index in [1.165, 1.54) is 0 Å². The van der Waals surface area contributed by atoms with E-state index in [0.29, 0.717) is 30.6 Å². The fourth-order valence-corrected chi connectivity index (χ4v) is 3.56. The molecule has 0 aliphatic carbocycles. The molecule has 2 amide bonds. The highest BCUT2D eigenvalue weighted by atomic mass is 32.1. The van der Waals surface area contributed by atoms with Crippen LogP contribution < -0.4 is 16.0 Å². The molecule has 0 bridgehead atoms. The van der Waals surface area contributed by atoms with E-state index >= 15 is 0 Å². The van der Waals surface area contributed by atoms with Gasteiger partial charge in [0.1, 0.15) is 0 Å². The Morgan fingerprint density at radius 2 is 1.19 bits per heavy atom. The Labute approximate surface area is 216 Å². The lowest BCUT2D eigenvalue weighted by Crippen LogP contribution is -2.34. The molecule has 0 saturated heterocycles. The van der Waals surface area contributed by atoms with Crippen LogP contribution in [0.4, 0.5) is 11.4 Å². The second kappa shape index (κ2) is 14.4. The van der Waals surface area contributed by atoms with Crippen molar-refractivity contribution in [3.63, 3.8) is 0 Å². The van der Waals surface area contributed by atoms with Gasteiger partial charge in [-0.2, -0.15) is 0 Å². The highest BCUT2D eigenvalue weighted by Crippen LogP contribution is 2.14. The molecule has 0 atom stereocenters. The van der Waals surface area contributed by atoms with Gasteiger partial charge >= 0.3 is 5.97 Å². The van der Waals surface area contributed by atoms with Gasteiger partial charge in [-0.05, 0) is 54.0 Å². The average molecular weight is 504 g/mol. The predicted octanol–water partition coefficient (Wildman–Crippen LogP) is 4.64. The van der Waals surface area contributed by atoms with E-state index in [4.69, 9.17) is 17.0 Å². The maximum atomic E-state index is 12.2. The van der Waals surface area contributed by atoms with Crippen molar-refractivity contribution in [2.45, 2.75) is 32.1 Å². The van der Waals surface area contributed by atoms with Crippen LogP contribution >= 0.6 is 12.2 Å². The smallest absolute Gasteiger partial charge is 0.306 e. The molecule has 3 rings (SSSR count). The first-order valence-corrected chi connectivity index (χ1v) is 12.1. The van der Waals surface area contributed by atoms with Gasteiger partial charge in [0.15, 0.2) is 5.11 Å². The standard InChI is InChI=1S/C28H29N3O4S/c32-25(16-11-21-7-3-1-4-8-21)29-23-12-14-24(15-13-23)30-28(36)31-26(33)17-18-27(34)35-20-19-22-9-5-2-6-10-22/h1-10,12-15H,11,16-20H2,(H,29,32)(H2,30,31,33,36). The average Bonchev–Trinajstić information content (AvgIpc) is 2.88. The molecule has 3 aromatic rings. The zero-order valence-electron chi connectivity index (χ0n) is 19.9. The van der Waals surface area contributed by atoms with Crippen LogP contribution in [0.15, 0.2) is 84.9 Å². The highest BCUT2D eigenvalue weighted by Gasteiger charge is 2.10. The van der Waals surface area contributed by atoms with Gasteiger partial charge in [0, 0.05) is 30.6 Å². The highest BCUT2D eigenvalue weighted by molar-refractivity contribution is 7.80. The van der Waals surface area contributed by atoms with E-state index in [-0.39, 0.29) is 36.4 Å². The van der Waals surface area contributed by atoms with Crippen LogP contribution in [0.5, 0.6) is 0 Å². The van der Waals surface area contributed by atoms with E-state index in [1.807, 2.05) is 60.7 Å². The summed E-state index contributed by atoms with van der Waals surface area (Å²) in [5, 5.41) is 8.44. The van der Waals surface area contributed by atoms with Crippen LogP contribution in [0.1, 0.15) is 30.4 Å². The number of rotatable bonds is 11. The van der Waals surface area contributed by atoms with Crippen LogP contribution in [0.25, 0.3) is 0 Å². The Balaban J connectivity index is 1.31. The number of carbonyl (C=O) groups is 3. The van der Waals surface area contributed by atoms with Gasteiger partial charge in [0.25, 0.3) is 0 Å². The SMILES string of the molecule is O=C(CCC(=O)OCCc1ccccc1)NC(=S)Nc1ccc(NC(=O)CCc2ccccc2)cc1. The molecule has 0 unspecified atom stereocenters. The third-order valence-corrected chi connectivity index (χ3v) is 5.42. The Kier molecular flexibility index (Phi) is 10.6. The van der Waals surface area contributed by atoms with Crippen molar-refractivity contribution in [1.82, 2.24) is 5.32 Å². The normalized spacial score (nSPS) is 10.2. The summed E-state index contributed by atoms with van der Waals surface area (Å²) in [7, 11) is 0. The summed E-state index contributed by atoms with van der Waals surface area (Å²) < 4.78 is 5.18. The van der Waals surface area contributed by atoms with Gasteiger partial charge < -0.3 is 20.7 Å². The molecule has 0 aliphatic rings. The second-order valence-corrected chi connectivity index (χ2v) is 8.48. The number of carbonyl (C=O) groups excluding carboxylic acids is 3. The summed E-state index contributed by atoms with van der Waals surface area (Å²) in [6.07, 6.45) is 1.64. The van der Waals surface area contributed by atoms with Gasteiger partial charge in [0.2, 0.25) is 11.8 Å². The van der Waals surface area contributed by atoms with Crippen molar-refractivity contribution in [3.05, 3.63) is 96.1 Å². The molecule has 0 fully saturated rings. The molecule has 3 aromatic carbocycles. The zero-order valence-corrected chi connectivity index (χ0v) is 20.7. The van der Waals surface area contributed by atoms with E-state index in [2.05, 4.69) is 16.0 Å². The number of anilines is 2. The number of benzene rings is 3. The topological polar surface area (TPSA) is 96.5 Å². The first-order valence-electron chi connectivity index (χ1n) is 11.7. The number of hydrogen-bond acceptors (Lipinski definition) is 5. The lowest BCUT2D eigenvalue weighted by atomic mass is 10.1. The summed E-state index contributed by atoms with van der Waals surface area (Å²) in [5.41, 5.74) is 3.52. The predicted molar refractivity (Wildman–Crippen MR) is 145 cm³/mol. The van der Waals surface area contributed by atoms with Crippen LogP contribution in [0, 0.1) is 0 Å². The third-order valence-electron chi connectivity index (χ3n) is 5.22. The van der Waals surface area contributed by atoms with E-state index < -0.39 is 5.97 Å². The Morgan fingerprint density at radius 1 is 0.639 bits per heavy atom. The number of ether oxygens (including phenoxy) is 1. The molecule has 0 radical (unpaired) electrons. The van der Waals surface area contributed by atoms with Crippen molar-refractivity contribution in [1.29, 1.82) is 0 Å². The molecular weight excluding hydrogens is 474 g/mol. The van der Waals surface area contributed by atoms with Crippen molar-refractivity contribution < 1.29 is 19.1 Å². The lowest BCUT2D eigenvalue weighted by molar-refractivity contribution is -0.144. The molecule has 0 aromatic heterocycles. The largest absolute Gasteiger partial charge is 0.465 e. The van der Waals surface area contributed by atoms with Crippen molar-refractivity contribution in [3.8, 4) is 0 Å². The Morgan fingerprint density at radius 3 is 1.81 bits per heavy atom. The first-order chi connectivity index (χ1) is 17.5. The fourth-order valence-electron chi connectivity index (χ4n) is 3.33. The number of nitrogens with one attached hydrogen (secondary N) is 3. The number of amides is 2. The van der Waals surface area contributed by atoms with E-state index in [1.54, 1.807) is 24.3 Å². The number of aryl methyl sites for hydroxylation is 1. The van der Waals surface area contributed by atoms with Gasteiger partial charge in [-0.3, -0.25) is 14.4 Å². The fraction of sp³-hybridized carbons (Fsp3) is 0.214. The molecule has 7 nitrogen and oxygen atoms in total. The van der Waals surface area contributed by atoms with Gasteiger partial charge in [0.05, 0.1) is 13.0 Å². The quantitative estimate of drug-likeness (QED) is 0.261. The maximum Gasteiger partial charge on any atom is 0.306 e. The maximum absolute atomic E-state index is 12.2. The summed E-state index contributed by atoms with van der Waals surface area (Å²) in [6.45, 7) is 0.272. The minimum atomic E-state index is -0.429. The Bertz CT molecular complexity index is 1150. The van der Waals surface area contributed by atoms with Crippen LogP contribution in [-0.2, 0) is 32.0 Å². The molecule has 3 N–H and O–H groups in total. The molecule has 8 heteroatoms. The molecular formula is C28H29N3O4S. The third kappa shape index (κ3) is 10.1. The van der Waals surface area contributed by atoms with Gasteiger partial charge in [-0.1, -0.05) is 60.7 Å². The Hall–Kier alpha value is -4.04. The second-order valence-electron chi connectivity index (χ2n) is 8.07. The zero-order chi connectivity index (χ0) is 25.6. The number of hydrogen-bond donors (Lipinski definition) is 3. The van der Waals surface area contributed by atoms with Crippen molar-refractivity contribution >= 4 is 46.5 Å². The molecule has 0 heterocycles. The summed E-state index contributed by atoms with van der Waals surface area (Å²) in [6, 6.07) is 26.5. The van der Waals surface area contributed by atoms with Crippen LogP contribution in [0.2, 0.25) is 0 Å². The van der Waals surface area contributed by atoms with Gasteiger partial charge in [-0.25, -0.2) is 0 Å². The number of esters is 1. The van der Waals surface area contributed by atoms with E-state index in [9.17, 15) is 14.4 Å². The van der Waals surface area contributed by atoms with E-state index in [0.717, 1.165) is 11.1 Å². The van der Waals surface area contributed by atoms with Crippen molar-refractivity contribution in [2.24, 2.45) is 0 Å². The minimum Gasteiger partial charge on any atom is -0.465 e. The molecule has 0 saturated carbocycles. The monoisotopic (exact) mass is 503 g/mol. The van der Waals surface area contributed by atoms with Crippen molar-refractivity contribution in [2.75, 3.05) is 17.2 Å². The minimum absolute atomic E-state index is 0.0259. The molecule has 186 valence electrons. The lowest BCUT2D eigenvalue weighted by Gasteiger charge is -2.11. The van der Waals surface area contributed by atoms with Crippen LogP contribution in [0.3, 0.4) is 0 Å². The first kappa shape index (κ1) is 26.6. The summed E-state index contributed by atoms with van der Waals surface area (Å²) in [4.78, 5) is 36.1. The van der Waals surface area contributed by atoms with Gasteiger partial charge in [-0.15, -0.1) is 0 Å². The molecule has 0 aliphatic heterocycles. The summed E-state index contributed by atoms with van der Waals surface area (Å²) in [5.74, 6) is -0.878.